The predicted molar refractivity (Wildman–Crippen MR) is 106 cm³/mol. The molecular formula is C19H22N4O3S. The molecule has 2 heterocycles. The van der Waals surface area contributed by atoms with Crippen LogP contribution in [0.4, 0.5) is 17.1 Å². The van der Waals surface area contributed by atoms with Crippen LogP contribution in [-0.4, -0.2) is 40.0 Å². The number of carbonyl (C=O) groups excluding carboxylic acids is 1. The van der Waals surface area contributed by atoms with E-state index in [-0.39, 0.29) is 16.8 Å². The number of benzene rings is 2. The molecule has 0 aromatic heterocycles. The molecule has 142 valence electrons. The van der Waals surface area contributed by atoms with Gasteiger partial charge in [-0.15, -0.1) is 0 Å². The molecule has 1 atom stereocenters. The lowest BCUT2D eigenvalue weighted by Crippen LogP contribution is -2.51. The van der Waals surface area contributed by atoms with Crippen LogP contribution in [0.3, 0.4) is 0 Å². The number of amides is 1. The van der Waals surface area contributed by atoms with Crippen molar-refractivity contribution < 1.29 is 13.2 Å². The van der Waals surface area contributed by atoms with Gasteiger partial charge in [-0.2, -0.15) is 0 Å². The van der Waals surface area contributed by atoms with Gasteiger partial charge in [0.25, 0.3) is 10.0 Å². The van der Waals surface area contributed by atoms with Gasteiger partial charge >= 0.3 is 0 Å². The van der Waals surface area contributed by atoms with E-state index in [1.54, 1.807) is 36.4 Å². The lowest BCUT2D eigenvalue weighted by atomic mass is 10.1. The highest BCUT2D eigenvalue weighted by Gasteiger charge is 2.30. The van der Waals surface area contributed by atoms with Gasteiger partial charge < -0.3 is 15.5 Å². The molecule has 8 heteroatoms. The number of anilines is 3. The maximum absolute atomic E-state index is 12.6. The SMILES string of the molecule is Cc1ccc(S(=O)(=O)Nc2ccc3c(c2)NC(=O)CC2CNCCN32)cc1. The molecule has 2 aliphatic rings. The lowest BCUT2D eigenvalue weighted by Gasteiger charge is -2.36. The molecule has 2 aliphatic heterocycles. The van der Waals surface area contributed by atoms with E-state index in [2.05, 4.69) is 20.3 Å². The molecule has 4 rings (SSSR count). The molecule has 0 bridgehead atoms. The van der Waals surface area contributed by atoms with Crippen LogP contribution >= 0.6 is 0 Å². The predicted octanol–water partition coefficient (Wildman–Crippen LogP) is 1.92. The fourth-order valence-corrected chi connectivity index (χ4v) is 4.61. The minimum Gasteiger partial charge on any atom is -0.364 e. The van der Waals surface area contributed by atoms with Gasteiger partial charge in [0.15, 0.2) is 0 Å². The van der Waals surface area contributed by atoms with E-state index in [9.17, 15) is 13.2 Å². The number of carbonyl (C=O) groups is 1. The zero-order chi connectivity index (χ0) is 19.0. The molecule has 1 unspecified atom stereocenters. The standard InChI is InChI=1S/C19H22N4O3S/c1-13-2-5-16(6-3-13)27(25,26)22-14-4-7-18-17(10-14)21-19(24)11-15-12-20-8-9-23(15)18/h2-7,10,15,20,22H,8-9,11-12H2,1H3,(H,21,24). The summed E-state index contributed by atoms with van der Waals surface area (Å²) in [6, 6.07) is 12.1. The number of hydrogen-bond acceptors (Lipinski definition) is 5. The molecule has 0 saturated carbocycles. The smallest absolute Gasteiger partial charge is 0.261 e. The topological polar surface area (TPSA) is 90.5 Å². The minimum absolute atomic E-state index is 0.0639. The van der Waals surface area contributed by atoms with E-state index in [1.807, 2.05) is 13.0 Å². The Morgan fingerprint density at radius 3 is 2.70 bits per heavy atom. The summed E-state index contributed by atoms with van der Waals surface area (Å²) in [6.45, 7) is 4.32. The Bertz CT molecular complexity index is 973. The first-order valence-electron chi connectivity index (χ1n) is 8.93. The fourth-order valence-electron chi connectivity index (χ4n) is 3.56. The van der Waals surface area contributed by atoms with Gasteiger partial charge in [0.05, 0.1) is 28.0 Å². The monoisotopic (exact) mass is 386 g/mol. The average molecular weight is 386 g/mol. The van der Waals surface area contributed by atoms with E-state index >= 15 is 0 Å². The second-order valence-corrected chi connectivity index (χ2v) is 8.64. The van der Waals surface area contributed by atoms with Crippen LogP contribution in [0.25, 0.3) is 0 Å². The van der Waals surface area contributed by atoms with Crippen LogP contribution < -0.4 is 20.3 Å². The second-order valence-electron chi connectivity index (χ2n) is 6.95. The largest absolute Gasteiger partial charge is 0.364 e. The number of fused-ring (bicyclic) bond motifs is 3. The Labute approximate surface area is 158 Å². The Balaban J connectivity index is 1.64. The Hall–Kier alpha value is -2.58. The summed E-state index contributed by atoms with van der Waals surface area (Å²) >= 11 is 0. The average Bonchev–Trinajstić information content (AvgIpc) is 2.76. The van der Waals surface area contributed by atoms with Crippen LogP contribution in [0.2, 0.25) is 0 Å². The van der Waals surface area contributed by atoms with Crippen molar-refractivity contribution in [2.75, 3.05) is 34.6 Å². The Morgan fingerprint density at radius 1 is 1.15 bits per heavy atom. The van der Waals surface area contributed by atoms with Crippen molar-refractivity contribution in [3.8, 4) is 0 Å². The Morgan fingerprint density at radius 2 is 1.93 bits per heavy atom. The molecule has 1 amide bonds. The van der Waals surface area contributed by atoms with Crippen LogP contribution in [0.5, 0.6) is 0 Å². The van der Waals surface area contributed by atoms with Gasteiger partial charge in [-0.3, -0.25) is 9.52 Å². The van der Waals surface area contributed by atoms with E-state index in [4.69, 9.17) is 0 Å². The fraction of sp³-hybridized carbons (Fsp3) is 0.316. The van der Waals surface area contributed by atoms with Crippen molar-refractivity contribution in [3.05, 3.63) is 48.0 Å². The molecule has 2 aromatic carbocycles. The molecule has 7 nitrogen and oxygen atoms in total. The van der Waals surface area contributed by atoms with E-state index < -0.39 is 10.0 Å². The summed E-state index contributed by atoms with van der Waals surface area (Å²) in [6.07, 6.45) is 0.409. The molecule has 1 saturated heterocycles. The van der Waals surface area contributed by atoms with Crippen molar-refractivity contribution in [1.29, 1.82) is 0 Å². The third kappa shape index (κ3) is 3.63. The normalized spacial score (nSPS) is 19.5. The minimum atomic E-state index is -3.69. The maximum atomic E-state index is 12.6. The first-order chi connectivity index (χ1) is 12.9. The molecule has 0 spiro atoms. The first kappa shape index (κ1) is 17.8. The van der Waals surface area contributed by atoms with Crippen molar-refractivity contribution in [1.82, 2.24) is 5.32 Å². The zero-order valence-electron chi connectivity index (χ0n) is 15.0. The molecule has 1 fully saturated rings. The number of nitrogens with zero attached hydrogens (tertiary/aromatic N) is 1. The third-order valence-corrected chi connectivity index (χ3v) is 6.33. The lowest BCUT2D eigenvalue weighted by molar-refractivity contribution is -0.116. The van der Waals surface area contributed by atoms with Crippen LogP contribution in [0.1, 0.15) is 12.0 Å². The van der Waals surface area contributed by atoms with Crippen LogP contribution in [-0.2, 0) is 14.8 Å². The highest BCUT2D eigenvalue weighted by Crippen LogP contribution is 2.34. The Kier molecular flexibility index (Phi) is 4.53. The maximum Gasteiger partial charge on any atom is 0.261 e. The van der Waals surface area contributed by atoms with Gasteiger partial charge in [0.1, 0.15) is 0 Å². The van der Waals surface area contributed by atoms with Gasteiger partial charge in [0, 0.05) is 26.1 Å². The van der Waals surface area contributed by atoms with Crippen LogP contribution in [0, 0.1) is 6.92 Å². The van der Waals surface area contributed by atoms with Gasteiger partial charge in [-0.1, -0.05) is 17.7 Å². The number of aryl methyl sites for hydroxylation is 1. The number of nitrogens with one attached hydrogen (secondary N) is 3. The number of hydrogen-bond donors (Lipinski definition) is 3. The van der Waals surface area contributed by atoms with Crippen molar-refractivity contribution in [2.45, 2.75) is 24.3 Å². The first-order valence-corrected chi connectivity index (χ1v) is 10.4. The van der Waals surface area contributed by atoms with E-state index in [0.717, 1.165) is 30.9 Å². The summed E-state index contributed by atoms with van der Waals surface area (Å²) in [5.41, 5.74) is 2.97. The highest BCUT2D eigenvalue weighted by molar-refractivity contribution is 7.92. The second kappa shape index (κ2) is 6.86. The molecular weight excluding hydrogens is 364 g/mol. The molecule has 27 heavy (non-hydrogen) atoms. The highest BCUT2D eigenvalue weighted by atomic mass is 32.2. The number of sulfonamides is 1. The molecule has 0 aliphatic carbocycles. The van der Waals surface area contributed by atoms with E-state index in [1.165, 1.54) is 0 Å². The number of piperazine rings is 1. The van der Waals surface area contributed by atoms with E-state index in [0.29, 0.717) is 17.8 Å². The third-order valence-electron chi connectivity index (χ3n) is 4.93. The summed E-state index contributed by atoms with van der Waals surface area (Å²) in [4.78, 5) is 14.7. The summed E-state index contributed by atoms with van der Waals surface area (Å²) in [7, 11) is -3.69. The zero-order valence-corrected chi connectivity index (χ0v) is 15.8. The molecule has 3 N–H and O–H groups in total. The summed E-state index contributed by atoms with van der Waals surface area (Å²) in [5.74, 6) is -0.0639. The van der Waals surface area contributed by atoms with Gasteiger partial charge in [-0.25, -0.2) is 8.42 Å². The van der Waals surface area contributed by atoms with Crippen molar-refractivity contribution in [2.24, 2.45) is 0 Å². The summed E-state index contributed by atoms with van der Waals surface area (Å²) in [5, 5.41) is 6.22. The van der Waals surface area contributed by atoms with Crippen molar-refractivity contribution >= 4 is 33.0 Å². The summed E-state index contributed by atoms with van der Waals surface area (Å²) < 4.78 is 27.8. The molecule has 0 radical (unpaired) electrons. The van der Waals surface area contributed by atoms with Gasteiger partial charge in [0.2, 0.25) is 5.91 Å². The number of rotatable bonds is 3. The van der Waals surface area contributed by atoms with Gasteiger partial charge in [-0.05, 0) is 37.3 Å². The van der Waals surface area contributed by atoms with Crippen LogP contribution in [0.15, 0.2) is 47.4 Å². The van der Waals surface area contributed by atoms with Crippen molar-refractivity contribution in [3.63, 3.8) is 0 Å². The molecule has 2 aromatic rings. The quantitative estimate of drug-likeness (QED) is 0.750.